The lowest BCUT2D eigenvalue weighted by molar-refractivity contribution is 0.340. The highest BCUT2D eigenvalue weighted by molar-refractivity contribution is 7.99. The molecule has 0 spiro atoms. The predicted molar refractivity (Wildman–Crippen MR) is 82.6 cm³/mol. The average molecular weight is 301 g/mol. The maximum Gasteiger partial charge on any atom is 0.221 e. The standard InChI is InChI=1S/C14H15N5OS/c1-3-20-9-4-5-10-11(7-9)18-14(17-10)21-12-6-8(2)16-13(15)19-12/h4-7H,3H2,1-2H3,(H,17,18)(H2,15,16,19). The van der Waals surface area contributed by atoms with Gasteiger partial charge in [-0.25, -0.2) is 15.0 Å². The summed E-state index contributed by atoms with van der Waals surface area (Å²) >= 11 is 1.42. The van der Waals surface area contributed by atoms with E-state index in [1.54, 1.807) is 0 Å². The van der Waals surface area contributed by atoms with Crippen LogP contribution < -0.4 is 10.5 Å². The zero-order valence-corrected chi connectivity index (χ0v) is 12.6. The lowest BCUT2D eigenvalue weighted by Gasteiger charge is -2.01. The number of nitrogens with one attached hydrogen (secondary N) is 1. The van der Waals surface area contributed by atoms with E-state index in [1.807, 2.05) is 38.1 Å². The monoisotopic (exact) mass is 301 g/mol. The number of aryl methyl sites for hydroxylation is 1. The molecule has 3 aromatic rings. The van der Waals surface area contributed by atoms with E-state index >= 15 is 0 Å². The Kier molecular flexibility index (Phi) is 3.66. The molecular formula is C14H15N5OS. The molecule has 0 radical (unpaired) electrons. The van der Waals surface area contributed by atoms with E-state index in [1.165, 1.54) is 11.8 Å². The summed E-state index contributed by atoms with van der Waals surface area (Å²) in [4.78, 5) is 16.0. The van der Waals surface area contributed by atoms with E-state index in [-0.39, 0.29) is 5.95 Å². The summed E-state index contributed by atoms with van der Waals surface area (Å²) < 4.78 is 5.48. The van der Waals surface area contributed by atoms with Crippen LogP contribution in [0, 0.1) is 6.92 Å². The number of aromatic amines is 1. The van der Waals surface area contributed by atoms with Crippen molar-refractivity contribution in [2.45, 2.75) is 24.0 Å². The molecule has 0 atom stereocenters. The molecule has 0 unspecified atom stereocenters. The highest BCUT2D eigenvalue weighted by Gasteiger charge is 2.08. The summed E-state index contributed by atoms with van der Waals surface area (Å²) in [6, 6.07) is 7.66. The van der Waals surface area contributed by atoms with Crippen LogP contribution in [0.5, 0.6) is 5.75 Å². The van der Waals surface area contributed by atoms with Gasteiger partial charge in [0.2, 0.25) is 5.95 Å². The van der Waals surface area contributed by atoms with Crippen LogP contribution in [0.25, 0.3) is 11.0 Å². The Labute approximate surface area is 126 Å². The fraction of sp³-hybridized carbons (Fsp3) is 0.214. The van der Waals surface area contributed by atoms with E-state index < -0.39 is 0 Å². The minimum atomic E-state index is 0.271. The molecule has 0 fully saturated rings. The second-order valence-electron chi connectivity index (χ2n) is 4.46. The Balaban J connectivity index is 1.90. The second kappa shape index (κ2) is 5.61. The summed E-state index contributed by atoms with van der Waals surface area (Å²) in [5.74, 6) is 1.10. The Bertz CT molecular complexity index is 766. The first kappa shape index (κ1) is 13.7. The van der Waals surface area contributed by atoms with Crippen molar-refractivity contribution in [3.8, 4) is 5.75 Å². The van der Waals surface area contributed by atoms with Gasteiger partial charge in [0, 0.05) is 11.8 Å². The number of nitrogens with zero attached hydrogens (tertiary/aromatic N) is 3. The number of ether oxygens (including phenoxy) is 1. The molecule has 2 aromatic heterocycles. The van der Waals surface area contributed by atoms with E-state index in [2.05, 4.69) is 19.9 Å². The van der Waals surface area contributed by atoms with E-state index in [0.717, 1.165) is 32.7 Å². The van der Waals surface area contributed by atoms with Crippen LogP contribution in [-0.4, -0.2) is 26.5 Å². The minimum absolute atomic E-state index is 0.271. The molecule has 2 heterocycles. The number of imidazole rings is 1. The van der Waals surface area contributed by atoms with Crippen molar-refractivity contribution in [1.29, 1.82) is 0 Å². The maximum absolute atomic E-state index is 5.66. The third-order valence-corrected chi connectivity index (χ3v) is 3.60. The highest BCUT2D eigenvalue weighted by atomic mass is 32.2. The molecule has 0 saturated heterocycles. The van der Waals surface area contributed by atoms with Gasteiger partial charge in [-0.15, -0.1) is 0 Å². The Morgan fingerprint density at radius 1 is 1.24 bits per heavy atom. The van der Waals surface area contributed by atoms with Gasteiger partial charge in [-0.1, -0.05) is 0 Å². The van der Waals surface area contributed by atoms with Crippen LogP contribution in [0.1, 0.15) is 12.6 Å². The molecule has 0 saturated carbocycles. The topological polar surface area (TPSA) is 89.7 Å². The molecule has 7 heteroatoms. The largest absolute Gasteiger partial charge is 0.494 e. The van der Waals surface area contributed by atoms with Crippen molar-refractivity contribution in [2.24, 2.45) is 0 Å². The van der Waals surface area contributed by atoms with Gasteiger partial charge in [-0.05, 0) is 43.8 Å². The third kappa shape index (κ3) is 3.08. The Hall–Kier alpha value is -2.28. The quantitative estimate of drug-likeness (QED) is 0.720. The first-order chi connectivity index (χ1) is 10.1. The van der Waals surface area contributed by atoms with Crippen molar-refractivity contribution < 1.29 is 4.74 Å². The van der Waals surface area contributed by atoms with Gasteiger partial charge in [-0.2, -0.15) is 0 Å². The SMILES string of the molecule is CCOc1ccc2nc(Sc3cc(C)nc(N)n3)[nH]c2c1. The van der Waals surface area contributed by atoms with Gasteiger partial charge in [-0.3, -0.25) is 0 Å². The fourth-order valence-corrected chi connectivity index (χ4v) is 2.86. The van der Waals surface area contributed by atoms with E-state index in [9.17, 15) is 0 Å². The van der Waals surface area contributed by atoms with Crippen LogP contribution in [0.2, 0.25) is 0 Å². The molecule has 1 aromatic carbocycles. The lowest BCUT2D eigenvalue weighted by atomic mass is 10.3. The Morgan fingerprint density at radius 3 is 2.86 bits per heavy atom. The summed E-state index contributed by atoms with van der Waals surface area (Å²) in [6.07, 6.45) is 0. The number of H-pyrrole nitrogens is 1. The lowest BCUT2D eigenvalue weighted by Crippen LogP contribution is -1.97. The van der Waals surface area contributed by atoms with Crippen LogP contribution >= 0.6 is 11.8 Å². The molecule has 0 aliphatic heterocycles. The molecule has 3 rings (SSSR count). The van der Waals surface area contributed by atoms with Gasteiger partial charge in [0.15, 0.2) is 5.16 Å². The molecule has 21 heavy (non-hydrogen) atoms. The Morgan fingerprint density at radius 2 is 2.10 bits per heavy atom. The molecule has 108 valence electrons. The number of hydrogen-bond acceptors (Lipinski definition) is 6. The van der Waals surface area contributed by atoms with Gasteiger partial charge in [0.1, 0.15) is 10.8 Å². The van der Waals surface area contributed by atoms with Crippen molar-refractivity contribution in [3.05, 3.63) is 30.0 Å². The second-order valence-corrected chi connectivity index (χ2v) is 5.47. The summed E-state index contributed by atoms with van der Waals surface area (Å²) in [7, 11) is 0. The van der Waals surface area contributed by atoms with Crippen molar-refractivity contribution in [1.82, 2.24) is 19.9 Å². The fourth-order valence-electron chi connectivity index (χ4n) is 1.98. The first-order valence-corrected chi connectivity index (χ1v) is 7.37. The van der Waals surface area contributed by atoms with Crippen molar-refractivity contribution in [3.63, 3.8) is 0 Å². The van der Waals surface area contributed by atoms with Crippen LogP contribution in [-0.2, 0) is 0 Å². The number of fused-ring (bicyclic) bond motifs is 1. The molecular weight excluding hydrogens is 286 g/mol. The highest BCUT2D eigenvalue weighted by Crippen LogP contribution is 2.28. The van der Waals surface area contributed by atoms with Gasteiger partial charge in [0.25, 0.3) is 0 Å². The zero-order valence-electron chi connectivity index (χ0n) is 11.8. The van der Waals surface area contributed by atoms with Gasteiger partial charge < -0.3 is 15.5 Å². The normalized spacial score (nSPS) is 11.0. The molecule has 6 nitrogen and oxygen atoms in total. The average Bonchev–Trinajstić information content (AvgIpc) is 2.79. The first-order valence-electron chi connectivity index (χ1n) is 6.55. The summed E-state index contributed by atoms with van der Waals surface area (Å²) in [6.45, 7) is 4.48. The number of anilines is 1. The van der Waals surface area contributed by atoms with Crippen molar-refractivity contribution in [2.75, 3.05) is 12.3 Å². The predicted octanol–water partition coefficient (Wildman–Crippen LogP) is 2.79. The molecule has 3 N–H and O–H groups in total. The summed E-state index contributed by atoms with van der Waals surface area (Å²) in [5.41, 5.74) is 8.31. The van der Waals surface area contributed by atoms with E-state index in [4.69, 9.17) is 10.5 Å². The third-order valence-electron chi connectivity index (χ3n) is 2.79. The number of benzene rings is 1. The molecule has 0 aliphatic carbocycles. The van der Waals surface area contributed by atoms with Crippen LogP contribution in [0.15, 0.2) is 34.4 Å². The van der Waals surface area contributed by atoms with Crippen LogP contribution in [0.3, 0.4) is 0 Å². The summed E-state index contributed by atoms with van der Waals surface area (Å²) in [5, 5.41) is 1.53. The van der Waals surface area contributed by atoms with Gasteiger partial charge in [0.05, 0.1) is 17.6 Å². The number of nitrogen functional groups attached to an aromatic ring is 1. The maximum atomic E-state index is 5.66. The zero-order chi connectivity index (χ0) is 14.8. The minimum Gasteiger partial charge on any atom is -0.494 e. The number of rotatable bonds is 4. The number of nitrogens with two attached hydrogens (primary N) is 1. The van der Waals surface area contributed by atoms with Crippen LogP contribution in [0.4, 0.5) is 5.95 Å². The van der Waals surface area contributed by atoms with Crippen molar-refractivity contribution >= 4 is 28.7 Å². The molecule has 0 amide bonds. The number of hydrogen-bond donors (Lipinski definition) is 2. The molecule has 0 bridgehead atoms. The smallest absolute Gasteiger partial charge is 0.221 e. The number of aromatic nitrogens is 4. The van der Waals surface area contributed by atoms with Gasteiger partial charge >= 0.3 is 0 Å². The molecule has 0 aliphatic rings. The van der Waals surface area contributed by atoms with E-state index in [0.29, 0.717) is 6.61 Å².